The third-order valence-electron chi connectivity index (χ3n) is 32.1. The molecule has 6 nitrogen and oxygen atoms in total. The predicted octanol–water partition coefficient (Wildman–Crippen LogP) is 38.3. The topological polar surface area (TPSA) is 55.4 Å². The van der Waals surface area contributed by atoms with Crippen LogP contribution in [-0.2, 0) is 0 Å². The molecule has 0 unspecified atom stereocenters. The van der Waals surface area contributed by atoms with E-state index in [9.17, 15) is 0 Å². The van der Waals surface area contributed by atoms with Crippen molar-refractivity contribution in [1.29, 1.82) is 0 Å². The quantitative estimate of drug-likeness (QED) is 0.0606. The van der Waals surface area contributed by atoms with E-state index in [0.717, 1.165) is 70.0 Å². The monoisotopic (exact) mass is 1680 g/mol. The Morgan fingerprint density at radius 1 is 0.125 bits per heavy atom. The lowest BCUT2D eigenvalue weighted by atomic mass is 9.80. The Balaban J connectivity index is 1.19. The lowest BCUT2D eigenvalue weighted by Crippen LogP contribution is -2.25. The first kappa shape index (κ1) is 105. The van der Waals surface area contributed by atoms with E-state index >= 15 is 0 Å². The molecular formula is C114H210O6. The van der Waals surface area contributed by atoms with E-state index in [0.29, 0.717) is 75.1 Å². The molecule has 1 aromatic carbocycles. The fraction of sp³-hybridized carbons (Fsp3) is 0.947. The smallest absolute Gasteiger partial charge is 0.211 e. The highest BCUT2D eigenvalue weighted by Crippen LogP contribution is 2.60. The Morgan fingerprint density at radius 3 is 0.325 bits per heavy atom. The molecular weight excluding hydrogens is 1470 g/mol. The molecule has 1 aromatic rings. The van der Waals surface area contributed by atoms with Gasteiger partial charge in [-0.3, -0.25) is 0 Å². The molecule has 6 heteroatoms. The highest BCUT2D eigenvalue weighted by Gasteiger charge is 2.38. The summed E-state index contributed by atoms with van der Waals surface area (Å²) in [6, 6.07) is 0. The van der Waals surface area contributed by atoms with Gasteiger partial charge in [0.25, 0.3) is 0 Å². The van der Waals surface area contributed by atoms with E-state index in [2.05, 4.69) is 41.5 Å². The number of hydrogen-bond donors (Lipinski definition) is 0. The van der Waals surface area contributed by atoms with Crippen molar-refractivity contribution in [2.24, 2.45) is 71.0 Å². The van der Waals surface area contributed by atoms with Crippen molar-refractivity contribution in [1.82, 2.24) is 0 Å². The van der Waals surface area contributed by atoms with Crippen molar-refractivity contribution >= 4 is 0 Å². The molecule has 0 saturated heterocycles. The van der Waals surface area contributed by atoms with E-state index < -0.39 is 0 Å². The minimum absolute atomic E-state index is 0.504. The summed E-state index contributed by atoms with van der Waals surface area (Å²) in [5.41, 5.74) is 0. The Hall–Kier alpha value is -1.98. The van der Waals surface area contributed by atoms with Crippen molar-refractivity contribution in [3.8, 4) is 34.5 Å². The molecule has 0 heterocycles. The summed E-state index contributed by atoms with van der Waals surface area (Å²) in [5.74, 6) is 12.9. The Morgan fingerprint density at radius 2 is 0.217 bits per heavy atom. The van der Waals surface area contributed by atoms with Gasteiger partial charge < -0.3 is 28.4 Å². The Labute approximate surface area is 749 Å². The molecule has 7 rings (SSSR count). The van der Waals surface area contributed by atoms with E-state index in [4.69, 9.17) is 28.4 Å². The van der Waals surface area contributed by atoms with Gasteiger partial charge in [-0.15, -0.1) is 0 Å². The van der Waals surface area contributed by atoms with Crippen molar-refractivity contribution < 1.29 is 28.4 Å². The number of ether oxygens (including phenoxy) is 6. The molecule has 6 fully saturated rings. The van der Waals surface area contributed by atoms with E-state index in [1.807, 2.05) is 0 Å². The fourth-order valence-electron chi connectivity index (χ4n) is 23.2. The Kier molecular flexibility index (Phi) is 63.0. The molecule has 0 amide bonds. The SMILES string of the molecule is CCCCCCCCCCCC1CCC(COc2c(OCC3CCC(CCCCCCCCCCC)CC3)c(OCC3CCC(CCCCCCCCCCC)CC3)c(OCC3CCC(CCCCCCCCCCC)CC3)c(OCC3CCC(CCCCCCCCCCC)CC3)c2OCC2CCC(CCCCCCCCCCC)CC2)CC1. The van der Waals surface area contributed by atoms with Crippen LogP contribution in [0.15, 0.2) is 0 Å². The van der Waals surface area contributed by atoms with Crippen molar-refractivity contribution in [3.05, 3.63) is 0 Å². The van der Waals surface area contributed by atoms with E-state index in [-0.39, 0.29) is 0 Å². The van der Waals surface area contributed by atoms with Crippen molar-refractivity contribution in [3.63, 3.8) is 0 Å². The minimum Gasteiger partial charge on any atom is -0.486 e. The maximum atomic E-state index is 7.84. The summed E-state index contributed by atoms with van der Waals surface area (Å²) >= 11 is 0. The fourth-order valence-corrected chi connectivity index (χ4v) is 23.2. The molecule has 0 spiro atoms. The molecule has 0 N–H and O–H groups in total. The van der Waals surface area contributed by atoms with E-state index in [1.165, 1.54) is 539 Å². The molecule has 6 saturated carbocycles. The largest absolute Gasteiger partial charge is 0.486 e. The molecule has 0 radical (unpaired) electrons. The molecule has 6 aliphatic rings. The predicted molar refractivity (Wildman–Crippen MR) is 523 cm³/mol. The first-order valence-electron chi connectivity index (χ1n) is 56.4. The lowest BCUT2D eigenvalue weighted by Gasteiger charge is -2.34. The average Bonchev–Trinajstić information content (AvgIpc) is 0.761. The number of rotatable bonds is 78. The summed E-state index contributed by atoms with van der Waals surface area (Å²) in [7, 11) is 0. The van der Waals surface area contributed by atoms with Gasteiger partial charge in [-0.1, -0.05) is 504 Å². The first-order chi connectivity index (χ1) is 59.4. The third-order valence-corrected chi connectivity index (χ3v) is 32.1. The van der Waals surface area contributed by atoms with Crippen LogP contribution in [0, 0.1) is 71.0 Å². The van der Waals surface area contributed by atoms with E-state index in [1.54, 1.807) is 0 Å². The van der Waals surface area contributed by atoms with Crippen molar-refractivity contribution in [2.45, 2.75) is 581 Å². The zero-order chi connectivity index (χ0) is 84.3. The summed E-state index contributed by atoms with van der Waals surface area (Å²) in [6.45, 7) is 18.2. The van der Waals surface area contributed by atoms with Gasteiger partial charge in [-0.05, 0) is 148 Å². The van der Waals surface area contributed by atoms with Gasteiger partial charge in [0.05, 0.1) is 39.6 Å². The van der Waals surface area contributed by atoms with Gasteiger partial charge in [0.15, 0.2) is 0 Å². The second-order valence-electron chi connectivity index (χ2n) is 42.9. The van der Waals surface area contributed by atoms with Crippen molar-refractivity contribution in [2.75, 3.05) is 39.6 Å². The third kappa shape index (κ3) is 48.4. The van der Waals surface area contributed by atoms with Gasteiger partial charge >= 0.3 is 0 Å². The molecule has 6 aliphatic carbocycles. The second-order valence-corrected chi connectivity index (χ2v) is 42.9. The van der Waals surface area contributed by atoms with Gasteiger partial charge in [0.2, 0.25) is 34.5 Å². The van der Waals surface area contributed by atoms with Crippen LogP contribution in [0.3, 0.4) is 0 Å². The van der Waals surface area contributed by atoms with Crippen LogP contribution < -0.4 is 28.4 Å². The zero-order valence-corrected chi connectivity index (χ0v) is 82.0. The number of benzene rings is 1. The maximum absolute atomic E-state index is 7.84. The normalized spacial score (nSPS) is 23.6. The number of hydrogen-bond acceptors (Lipinski definition) is 6. The van der Waals surface area contributed by atoms with Gasteiger partial charge in [-0.2, -0.15) is 0 Å². The number of unbranched alkanes of at least 4 members (excludes halogenated alkanes) is 48. The van der Waals surface area contributed by atoms with Crippen LogP contribution in [0.1, 0.15) is 581 Å². The standard InChI is InChI=1S/C114H210O6/c1-7-13-19-25-31-37-43-49-55-61-97-67-79-103(80-68-97)91-115-109-110(116-92-104-81-69-98(70-82-104)62-56-50-44-38-32-26-20-14-8-2)112(118-94-106-85-73-100(74-86-106)64-58-52-46-40-34-28-22-16-10-4)114(120-96-108-89-77-102(78-90-108)66-60-54-48-42-36-30-24-18-12-6)113(119-95-107-87-75-101(76-88-107)65-59-53-47-41-35-29-23-17-11-5)111(109)117-93-105-83-71-99(72-84-105)63-57-51-45-39-33-27-21-15-9-3/h97-108H,7-96H2,1-6H3. The van der Waals surface area contributed by atoms with Crippen LogP contribution in [0.25, 0.3) is 0 Å². The molecule has 0 bridgehead atoms. The minimum atomic E-state index is 0.504. The highest BCUT2D eigenvalue weighted by molar-refractivity contribution is 5.74. The Bertz CT molecular complexity index is 1960. The zero-order valence-electron chi connectivity index (χ0n) is 82.0. The van der Waals surface area contributed by atoms with Crippen LogP contribution in [0.5, 0.6) is 34.5 Å². The summed E-state index contributed by atoms with van der Waals surface area (Å²) in [6.07, 6.45) is 116. The molecule has 0 atom stereocenters. The summed E-state index contributed by atoms with van der Waals surface area (Å²) < 4.78 is 47.0. The van der Waals surface area contributed by atoms with Crippen LogP contribution in [-0.4, -0.2) is 39.6 Å². The average molecular weight is 1680 g/mol. The maximum Gasteiger partial charge on any atom is 0.211 e. The molecule has 120 heavy (non-hydrogen) atoms. The highest BCUT2D eigenvalue weighted by atomic mass is 16.6. The van der Waals surface area contributed by atoms with Gasteiger partial charge in [-0.25, -0.2) is 0 Å². The van der Waals surface area contributed by atoms with Gasteiger partial charge in [0.1, 0.15) is 0 Å². The van der Waals surface area contributed by atoms with Crippen LogP contribution in [0.4, 0.5) is 0 Å². The second kappa shape index (κ2) is 71.9. The molecule has 0 aromatic heterocycles. The first-order valence-corrected chi connectivity index (χ1v) is 56.4. The lowest BCUT2D eigenvalue weighted by molar-refractivity contribution is 0.117. The molecule has 0 aliphatic heterocycles. The van der Waals surface area contributed by atoms with Crippen LogP contribution in [0.2, 0.25) is 0 Å². The molecule has 702 valence electrons. The van der Waals surface area contributed by atoms with Gasteiger partial charge in [0, 0.05) is 0 Å². The summed E-state index contributed by atoms with van der Waals surface area (Å²) in [4.78, 5) is 0. The van der Waals surface area contributed by atoms with Crippen LogP contribution >= 0.6 is 0 Å². The summed E-state index contributed by atoms with van der Waals surface area (Å²) in [5, 5.41) is 0.